The van der Waals surface area contributed by atoms with Crippen molar-refractivity contribution in [3.05, 3.63) is 86.6 Å². The van der Waals surface area contributed by atoms with Crippen molar-refractivity contribution in [1.29, 1.82) is 0 Å². The molecule has 0 spiro atoms. The largest absolute Gasteiger partial charge is 0.493 e. The molecular weight excluding hydrogens is 583 g/mol. The number of ether oxygens (including phenoxy) is 3. The van der Waals surface area contributed by atoms with Crippen molar-refractivity contribution in [3.8, 4) is 22.9 Å². The van der Waals surface area contributed by atoms with Crippen LogP contribution in [-0.2, 0) is 15.7 Å². The number of halogens is 4. The number of carbonyl (C=O) groups is 1. The Morgan fingerprint density at radius 2 is 1.85 bits per heavy atom. The maximum Gasteiger partial charge on any atom is 0.416 e. The topological polar surface area (TPSA) is 92.0 Å². The molecule has 0 aliphatic rings. The fraction of sp³-hybridized carbons (Fsp3) is 0.185. The minimum absolute atomic E-state index is 0.0594. The Balaban J connectivity index is 1.83. The van der Waals surface area contributed by atoms with E-state index in [9.17, 15) is 22.8 Å². The summed E-state index contributed by atoms with van der Waals surface area (Å²) in [5, 5.41) is 4.53. The Morgan fingerprint density at radius 1 is 1.10 bits per heavy atom. The number of alkyl halides is 3. The molecular formula is C27H21BrF3N3O5. The van der Waals surface area contributed by atoms with Gasteiger partial charge in [-0.1, -0.05) is 24.3 Å². The highest BCUT2D eigenvalue weighted by Gasteiger charge is 2.31. The summed E-state index contributed by atoms with van der Waals surface area (Å²) in [6.07, 6.45) is -4.17. The molecule has 0 unspecified atom stereocenters. The van der Waals surface area contributed by atoms with Gasteiger partial charge < -0.3 is 14.2 Å². The van der Waals surface area contributed by atoms with E-state index in [1.165, 1.54) is 39.5 Å². The number of hydrogen-bond donors (Lipinski definition) is 0. The van der Waals surface area contributed by atoms with Crippen LogP contribution in [0.3, 0.4) is 0 Å². The second-order valence-corrected chi connectivity index (χ2v) is 9.06. The van der Waals surface area contributed by atoms with Crippen molar-refractivity contribution in [2.75, 3.05) is 14.2 Å². The van der Waals surface area contributed by atoms with Gasteiger partial charge in [-0.05, 0) is 64.8 Å². The summed E-state index contributed by atoms with van der Waals surface area (Å²) in [4.78, 5) is 29.6. The van der Waals surface area contributed by atoms with E-state index in [1.807, 2.05) is 0 Å². The van der Waals surface area contributed by atoms with E-state index in [0.717, 1.165) is 16.8 Å². The number of nitrogens with zero attached hydrogens (tertiary/aromatic N) is 3. The van der Waals surface area contributed by atoms with Crippen LogP contribution in [0.4, 0.5) is 13.2 Å². The van der Waals surface area contributed by atoms with E-state index in [0.29, 0.717) is 15.6 Å². The molecule has 202 valence electrons. The van der Waals surface area contributed by atoms with Gasteiger partial charge in [-0.2, -0.15) is 22.9 Å². The average Bonchev–Trinajstić information content (AvgIpc) is 2.92. The molecule has 8 nitrogen and oxygen atoms in total. The molecule has 0 saturated carbocycles. The van der Waals surface area contributed by atoms with E-state index >= 15 is 0 Å². The summed E-state index contributed by atoms with van der Waals surface area (Å²) >= 11 is 3.38. The van der Waals surface area contributed by atoms with Crippen molar-refractivity contribution < 1.29 is 32.2 Å². The smallest absolute Gasteiger partial charge is 0.416 e. The number of benzene rings is 3. The number of aromatic nitrogens is 2. The Hall–Kier alpha value is -4.19. The van der Waals surface area contributed by atoms with Crippen LogP contribution in [0, 0.1) is 0 Å². The van der Waals surface area contributed by atoms with Gasteiger partial charge in [0.15, 0.2) is 23.4 Å². The van der Waals surface area contributed by atoms with Crippen molar-refractivity contribution in [2.24, 2.45) is 5.10 Å². The SMILES string of the molecule is COC(=O)[C@H](C)Oc1c(Br)cc(C=Nn2c(-c3cccc(C(F)(F)F)c3)nc3ccccc3c2=O)cc1OC. The summed E-state index contributed by atoms with van der Waals surface area (Å²) in [6, 6.07) is 14.1. The van der Waals surface area contributed by atoms with Gasteiger partial charge in [-0.3, -0.25) is 4.79 Å². The lowest BCUT2D eigenvalue weighted by Gasteiger charge is -2.17. The number of hydrogen-bond acceptors (Lipinski definition) is 7. The number of para-hydroxylation sites is 1. The molecule has 0 fully saturated rings. The van der Waals surface area contributed by atoms with Crippen LogP contribution in [0.25, 0.3) is 22.3 Å². The van der Waals surface area contributed by atoms with E-state index in [-0.39, 0.29) is 28.3 Å². The molecule has 0 amide bonds. The fourth-order valence-electron chi connectivity index (χ4n) is 3.70. The highest BCUT2D eigenvalue weighted by Crippen LogP contribution is 2.37. The maximum atomic E-state index is 13.4. The van der Waals surface area contributed by atoms with Gasteiger partial charge in [0.1, 0.15) is 0 Å². The molecule has 3 aromatic carbocycles. The van der Waals surface area contributed by atoms with Crippen LogP contribution in [0.1, 0.15) is 18.1 Å². The normalized spacial score (nSPS) is 12.5. The predicted molar refractivity (Wildman–Crippen MR) is 142 cm³/mol. The minimum atomic E-state index is -4.58. The van der Waals surface area contributed by atoms with Crippen LogP contribution < -0.4 is 15.0 Å². The predicted octanol–water partition coefficient (Wildman–Crippen LogP) is 5.68. The summed E-state index contributed by atoms with van der Waals surface area (Å²) in [6.45, 7) is 1.52. The van der Waals surface area contributed by atoms with Crippen LogP contribution in [-0.4, -0.2) is 42.2 Å². The minimum Gasteiger partial charge on any atom is -0.493 e. The Labute approximate surface area is 228 Å². The van der Waals surface area contributed by atoms with Crippen molar-refractivity contribution in [3.63, 3.8) is 0 Å². The van der Waals surface area contributed by atoms with Crippen molar-refractivity contribution >= 4 is 39.0 Å². The molecule has 1 heterocycles. The maximum absolute atomic E-state index is 13.4. The highest BCUT2D eigenvalue weighted by molar-refractivity contribution is 9.10. The molecule has 0 aliphatic heterocycles. The number of carbonyl (C=O) groups excluding carboxylic acids is 1. The van der Waals surface area contributed by atoms with E-state index < -0.39 is 29.4 Å². The molecule has 0 aliphatic carbocycles. The van der Waals surface area contributed by atoms with Crippen LogP contribution in [0.2, 0.25) is 0 Å². The van der Waals surface area contributed by atoms with Gasteiger partial charge in [0.25, 0.3) is 5.56 Å². The zero-order valence-electron chi connectivity index (χ0n) is 20.8. The standard InChI is InChI=1S/C27H21BrF3N3O5/c1-15(26(36)38-3)39-23-20(28)11-16(12-22(23)37-2)14-32-34-24(17-7-6-8-18(13-17)27(29,30)31)33-21-10-5-4-9-19(21)25(34)35/h4-15H,1-3H3/t15-/m0/s1. The molecule has 4 aromatic rings. The van der Waals surface area contributed by atoms with Crippen molar-refractivity contribution in [1.82, 2.24) is 9.66 Å². The Morgan fingerprint density at radius 3 is 2.54 bits per heavy atom. The first-order valence-electron chi connectivity index (χ1n) is 11.4. The second kappa shape index (κ2) is 11.3. The Kier molecular flexibility index (Phi) is 8.05. The Bertz CT molecular complexity index is 1640. The lowest BCUT2D eigenvalue weighted by molar-refractivity contribution is -0.148. The summed E-state index contributed by atoms with van der Waals surface area (Å²) in [7, 11) is 2.65. The molecule has 0 radical (unpaired) electrons. The summed E-state index contributed by atoms with van der Waals surface area (Å²) in [5.74, 6) is -0.163. The first kappa shape index (κ1) is 27.8. The fourth-order valence-corrected chi connectivity index (χ4v) is 4.25. The van der Waals surface area contributed by atoms with Gasteiger partial charge >= 0.3 is 12.1 Å². The monoisotopic (exact) mass is 603 g/mol. The number of fused-ring (bicyclic) bond motifs is 1. The molecule has 39 heavy (non-hydrogen) atoms. The molecule has 0 saturated heterocycles. The van der Waals surface area contributed by atoms with Gasteiger partial charge in [-0.25, -0.2) is 9.78 Å². The second-order valence-electron chi connectivity index (χ2n) is 8.21. The number of methoxy groups -OCH3 is 2. The van der Waals surface area contributed by atoms with E-state index in [4.69, 9.17) is 9.47 Å². The van der Waals surface area contributed by atoms with Crippen LogP contribution in [0.5, 0.6) is 11.5 Å². The molecule has 1 aromatic heterocycles. The zero-order chi connectivity index (χ0) is 28.3. The number of esters is 1. The third kappa shape index (κ3) is 5.95. The molecule has 1 atom stereocenters. The lowest BCUT2D eigenvalue weighted by atomic mass is 10.1. The third-order valence-corrected chi connectivity index (χ3v) is 6.19. The van der Waals surface area contributed by atoms with Crippen LogP contribution in [0.15, 0.2) is 75.0 Å². The number of rotatable bonds is 7. The van der Waals surface area contributed by atoms with E-state index in [2.05, 4.69) is 30.8 Å². The van der Waals surface area contributed by atoms with Gasteiger partial charge in [0.2, 0.25) is 0 Å². The highest BCUT2D eigenvalue weighted by atomic mass is 79.9. The lowest BCUT2D eigenvalue weighted by Crippen LogP contribution is -2.25. The quantitative estimate of drug-likeness (QED) is 0.199. The van der Waals surface area contributed by atoms with Gasteiger partial charge in [-0.15, -0.1) is 0 Å². The van der Waals surface area contributed by atoms with Crippen LogP contribution >= 0.6 is 15.9 Å². The first-order chi connectivity index (χ1) is 18.5. The average molecular weight is 604 g/mol. The van der Waals surface area contributed by atoms with Gasteiger partial charge in [0.05, 0.1) is 41.4 Å². The van der Waals surface area contributed by atoms with E-state index in [1.54, 1.807) is 36.4 Å². The third-order valence-electron chi connectivity index (χ3n) is 5.60. The summed E-state index contributed by atoms with van der Waals surface area (Å²) < 4.78 is 57.3. The molecule has 12 heteroatoms. The van der Waals surface area contributed by atoms with Gasteiger partial charge in [0, 0.05) is 5.56 Å². The zero-order valence-corrected chi connectivity index (χ0v) is 22.4. The van der Waals surface area contributed by atoms with Crippen molar-refractivity contribution in [2.45, 2.75) is 19.2 Å². The molecule has 0 bridgehead atoms. The summed E-state index contributed by atoms with van der Waals surface area (Å²) in [5.41, 5.74) is -0.631. The first-order valence-corrected chi connectivity index (χ1v) is 12.2. The molecule has 4 rings (SSSR count). The molecule has 0 N–H and O–H groups in total.